The molecular formula is C16H18ClN3O3. The molecule has 0 spiro atoms. The van der Waals surface area contributed by atoms with Crippen molar-refractivity contribution < 1.29 is 9.34 Å². The molecule has 1 aliphatic heterocycles. The highest BCUT2D eigenvalue weighted by atomic mass is 35.5. The number of nitro groups is 1. The molecule has 122 valence electrons. The number of anilines is 1. The van der Waals surface area contributed by atoms with Crippen LogP contribution in [-0.2, 0) is 0 Å². The second-order valence-corrected chi connectivity index (χ2v) is 5.98. The van der Waals surface area contributed by atoms with E-state index in [-0.39, 0.29) is 11.7 Å². The lowest BCUT2D eigenvalue weighted by Gasteiger charge is -2.26. The van der Waals surface area contributed by atoms with Crippen molar-refractivity contribution in [2.24, 2.45) is 0 Å². The number of nitrogens with one attached hydrogen (secondary N) is 1. The lowest BCUT2D eigenvalue weighted by molar-refractivity contribution is -0.384. The quantitative estimate of drug-likeness (QED) is 0.636. The van der Waals surface area contributed by atoms with Crippen molar-refractivity contribution >= 4 is 23.0 Å². The van der Waals surface area contributed by atoms with E-state index in [1.54, 1.807) is 12.3 Å². The molecule has 0 aliphatic carbocycles. The molecule has 0 bridgehead atoms. The number of furan rings is 1. The Hall–Kier alpha value is -2.05. The molecule has 0 amide bonds. The Morgan fingerprint density at radius 3 is 2.74 bits per heavy atom. The van der Waals surface area contributed by atoms with Gasteiger partial charge in [0, 0.05) is 18.7 Å². The Kier molecular flexibility index (Phi) is 4.83. The Labute approximate surface area is 139 Å². The van der Waals surface area contributed by atoms with Crippen molar-refractivity contribution in [1.82, 2.24) is 4.90 Å². The second kappa shape index (κ2) is 7.02. The van der Waals surface area contributed by atoms with Crippen LogP contribution in [0.3, 0.4) is 0 Å². The summed E-state index contributed by atoms with van der Waals surface area (Å²) in [5.41, 5.74) is 0.677. The molecule has 0 radical (unpaired) electrons. The number of hydrogen-bond donors (Lipinski definition) is 1. The summed E-state index contributed by atoms with van der Waals surface area (Å²) in [7, 11) is 0. The van der Waals surface area contributed by atoms with Crippen LogP contribution in [0.1, 0.15) is 24.6 Å². The molecule has 1 aromatic carbocycles. The number of benzene rings is 1. The summed E-state index contributed by atoms with van der Waals surface area (Å²) >= 11 is 6.14. The number of likely N-dealkylation sites (tertiary alicyclic amines) is 1. The van der Waals surface area contributed by atoms with E-state index in [1.807, 2.05) is 12.1 Å². The van der Waals surface area contributed by atoms with Crippen LogP contribution in [0.2, 0.25) is 5.02 Å². The maximum absolute atomic E-state index is 10.8. The molecule has 1 N–H and O–H groups in total. The van der Waals surface area contributed by atoms with Gasteiger partial charge in [-0.15, -0.1) is 0 Å². The van der Waals surface area contributed by atoms with Gasteiger partial charge in [0.25, 0.3) is 5.69 Å². The smallest absolute Gasteiger partial charge is 0.271 e. The molecule has 2 heterocycles. The van der Waals surface area contributed by atoms with Gasteiger partial charge >= 0.3 is 0 Å². The van der Waals surface area contributed by atoms with E-state index in [9.17, 15) is 10.1 Å². The first-order valence-electron chi connectivity index (χ1n) is 7.60. The van der Waals surface area contributed by atoms with Crippen LogP contribution in [0.5, 0.6) is 0 Å². The van der Waals surface area contributed by atoms with Gasteiger partial charge in [-0.25, -0.2) is 0 Å². The van der Waals surface area contributed by atoms with Gasteiger partial charge in [0.1, 0.15) is 5.76 Å². The van der Waals surface area contributed by atoms with Crippen molar-refractivity contribution in [3.8, 4) is 0 Å². The number of rotatable bonds is 6. The molecule has 7 heteroatoms. The molecule has 23 heavy (non-hydrogen) atoms. The maximum atomic E-state index is 10.8. The van der Waals surface area contributed by atoms with Crippen molar-refractivity contribution in [2.45, 2.75) is 18.9 Å². The Morgan fingerprint density at radius 2 is 2.13 bits per heavy atom. The van der Waals surface area contributed by atoms with Crippen molar-refractivity contribution in [2.75, 3.05) is 25.0 Å². The molecule has 3 rings (SSSR count). The number of hydrogen-bond acceptors (Lipinski definition) is 5. The largest absolute Gasteiger partial charge is 0.468 e. The lowest BCUT2D eigenvalue weighted by atomic mass is 10.2. The molecule has 1 aliphatic rings. The molecule has 1 atom stereocenters. The zero-order chi connectivity index (χ0) is 16.2. The number of nitro benzene ring substituents is 1. The SMILES string of the molecule is O=[N+]([O-])c1ccc(NCC(c2ccco2)N2CCCC2)c(Cl)c1. The van der Waals surface area contributed by atoms with Gasteiger partial charge in [-0.3, -0.25) is 15.0 Å². The summed E-state index contributed by atoms with van der Waals surface area (Å²) in [6.07, 6.45) is 4.06. The highest BCUT2D eigenvalue weighted by molar-refractivity contribution is 6.33. The Bertz CT molecular complexity index is 669. The van der Waals surface area contributed by atoms with Gasteiger partial charge in [0.15, 0.2) is 0 Å². The van der Waals surface area contributed by atoms with E-state index in [0.717, 1.165) is 18.8 Å². The average molecular weight is 336 g/mol. The summed E-state index contributed by atoms with van der Waals surface area (Å²) in [6.45, 7) is 2.72. The second-order valence-electron chi connectivity index (χ2n) is 5.58. The van der Waals surface area contributed by atoms with Crippen molar-refractivity contribution in [1.29, 1.82) is 0 Å². The van der Waals surface area contributed by atoms with Gasteiger partial charge in [0.05, 0.1) is 27.9 Å². The maximum Gasteiger partial charge on any atom is 0.271 e. The number of non-ortho nitro benzene ring substituents is 1. The van der Waals surface area contributed by atoms with Crippen molar-refractivity contribution in [3.63, 3.8) is 0 Å². The van der Waals surface area contributed by atoms with Gasteiger partial charge in [0.2, 0.25) is 0 Å². The third-order valence-electron chi connectivity index (χ3n) is 4.10. The van der Waals surface area contributed by atoms with Crippen LogP contribution in [0.25, 0.3) is 0 Å². The summed E-state index contributed by atoms with van der Waals surface area (Å²) in [6, 6.07) is 8.44. The van der Waals surface area contributed by atoms with Gasteiger partial charge in [-0.1, -0.05) is 11.6 Å². The summed E-state index contributed by atoms with van der Waals surface area (Å²) < 4.78 is 5.57. The fraction of sp³-hybridized carbons (Fsp3) is 0.375. The molecular weight excluding hydrogens is 318 g/mol. The zero-order valence-corrected chi connectivity index (χ0v) is 13.3. The zero-order valence-electron chi connectivity index (χ0n) is 12.6. The first kappa shape index (κ1) is 15.8. The van der Waals surface area contributed by atoms with Crippen molar-refractivity contribution in [3.05, 3.63) is 57.5 Å². The summed E-state index contributed by atoms with van der Waals surface area (Å²) in [5, 5.41) is 14.4. The fourth-order valence-electron chi connectivity index (χ4n) is 2.91. The molecule has 6 nitrogen and oxygen atoms in total. The molecule has 1 aromatic heterocycles. The standard InChI is InChI=1S/C16H18ClN3O3/c17-13-10-12(20(21)22)5-6-14(13)18-11-15(16-4-3-9-23-16)19-7-1-2-8-19/h3-6,9-10,15,18H,1-2,7-8,11H2. The van der Waals surface area contributed by atoms with E-state index < -0.39 is 4.92 Å². The van der Waals surface area contributed by atoms with Crippen LogP contribution in [0, 0.1) is 10.1 Å². The van der Waals surface area contributed by atoms with Crippen LogP contribution in [0.15, 0.2) is 41.0 Å². The number of halogens is 1. The molecule has 1 fully saturated rings. The van der Waals surface area contributed by atoms with Gasteiger partial charge in [-0.2, -0.15) is 0 Å². The lowest BCUT2D eigenvalue weighted by Crippen LogP contribution is -2.30. The van der Waals surface area contributed by atoms with Gasteiger partial charge < -0.3 is 9.73 Å². The molecule has 1 saturated heterocycles. The van der Waals surface area contributed by atoms with E-state index in [2.05, 4.69) is 10.2 Å². The monoisotopic (exact) mass is 335 g/mol. The normalized spacial score (nSPS) is 16.4. The topological polar surface area (TPSA) is 71.5 Å². The first-order valence-corrected chi connectivity index (χ1v) is 7.98. The highest BCUT2D eigenvalue weighted by Crippen LogP contribution is 2.29. The summed E-state index contributed by atoms with van der Waals surface area (Å²) in [4.78, 5) is 12.7. The number of nitrogens with zero attached hydrogens (tertiary/aromatic N) is 2. The fourth-order valence-corrected chi connectivity index (χ4v) is 3.15. The third kappa shape index (κ3) is 3.65. The molecule has 1 unspecified atom stereocenters. The summed E-state index contributed by atoms with van der Waals surface area (Å²) in [5.74, 6) is 0.914. The van der Waals surface area contributed by atoms with E-state index in [4.69, 9.17) is 16.0 Å². The van der Waals surface area contributed by atoms with E-state index in [1.165, 1.54) is 25.0 Å². The average Bonchev–Trinajstić information content (AvgIpc) is 3.22. The Morgan fingerprint density at radius 1 is 1.35 bits per heavy atom. The minimum absolute atomic E-state index is 0.0114. The van der Waals surface area contributed by atoms with Crippen LogP contribution in [0.4, 0.5) is 11.4 Å². The minimum atomic E-state index is -0.453. The molecule has 2 aromatic rings. The first-order chi connectivity index (χ1) is 11.1. The van der Waals surface area contributed by atoms with Gasteiger partial charge in [-0.05, 0) is 44.1 Å². The Balaban J connectivity index is 1.72. The highest BCUT2D eigenvalue weighted by Gasteiger charge is 2.25. The predicted octanol–water partition coefficient (Wildman–Crippen LogP) is 4.09. The van der Waals surface area contributed by atoms with Crippen LogP contribution >= 0.6 is 11.6 Å². The predicted molar refractivity (Wildman–Crippen MR) is 88.9 cm³/mol. The molecule has 0 saturated carbocycles. The van der Waals surface area contributed by atoms with E-state index >= 15 is 0 Å². The minimum Gasteiger partial charge on any atom is -0.468 e. The van der Waals surface area contributed by atoms with Crippen LogP contribution < -0.4 is 5.32 Å². The van der Waals surface area contributed by atoms with Crippen LogP contribution in [-0.4, -0.2) is 29.5 Å². The van der Waals surface area contributed by atoms with E-state index in [0.29, 0.717) is 17.3 Å². The third-order valence-corrected chi connectivity index (χ3v) is 4.42.